The largest absolute Gasteiger partial charge is 0.469 e. The molecule has 0 radical (unpaired) electrons. The molecule has 29 heavy (non-hydrogen) atoms. The zero-order valence-electron chi connectivity index (χ0n) is 17.6. The van der Waals surface area contributed by atoms with Crippen LogP contribution in [0.3, 0.4) is 0 Å². The van der Waals surface area contributed by atoms with Gasteiger partial charge in [-0.2, -0.15) is 0 Å². The molecule has 1 atom stereocenters. The highest BCUT2D eigenvalue weighted by atomic mass is 16.5. The van der Waals surface area contributed by atoms with Crippen LogP contribution in [0.2, 0.25) is 0 Å². The zero-order chi connectivity index (χ0) is 20.5. The van der Waals surface area contributed by atoms with Crippen molar-refractivity contribution < 1.29 is 18.7 Å². The van der Waals surface area contributed by atoms with Gasteiger partial charge >= 0.3 is 0 Å². The summed E-state index contributed by atoms with van der Waals surface area (Å²) in [5.41, 5.74) is 0. The van der Waals surface area contributed by atoms with Crippen molar-refractivity contribution >= 4 is 11.9 Å². The highest BCUT2D eigenvalue weighted by molar-refractivity contribution is 5.84. The molecule has 2 fully saturated rings. The lowest BCUT2D eigenvalue weighted by Crippen LogP contribution is -2.48. The number of carbonyl (C=O) groups is 1. The van der Waals surface area contributed by atoms with Gasteiger partial charge in [0, 0.05) is 46.8 Å². The minimum atomic E-state index is -0.00915. The maximum absolute atomic E-state index is 12.0. The summed E-state index contributed by atoms with van der Waals surface area (Å²) in [6.45, 7) is 4.13. The topological polar surface area (TPSA) is 79.5 Å². The van der Waals surface area contributed by atoms with E-state index in [9.17, 15) is 4.79 Å². The maximum Gasteiger partial charge on any atom is 0.243 e. The summed E-state index contributed by atoms with van der Waals surface area (Å²) < 4.78 is 17.1. The highest BCUT2D eigenvalue weighted by Gasteiger charge is 2.24. The Labute approximate surface area is 173 Å². The van der Waals surface area contributed by atoms with E-state index in [4.69, 9.17) is 13.9 Å². The second kappa shape index (κ2) is 11.2. The van der Waals surface area contributed by atoms with Gasteiger partial charge in [-0.1, -0.05) is 0 Å². The van der Waals surface area contributed by atoms with E-state index in [1.165, 1.54) is 0 Å². The minimum absolute atomic E-state index is 0.00915. The Kier molecular flexibility index (Phi) is 8.37. The van der Waals surface area contributed by atoms with Crippen LogP contribution >= 0.6 is 0 Å². The second-order valence-electron chi connectivity index (χ2n) is 7.84. The molecule has 1 unspecified atom stereocenters. The fourth-order valence-electron chi connectivity index (χ4n) is 3.56. The van der Waals surface area contributed by atoms with Gasteiger partial charge in [0.25, 0.3) is 0 Å². The Morgan fingerprint density at radius 3 is 2.83 bits per heavy atom. The number of likely N-dealkylation sites (N-methyl/N-ethyl adjacent to an activating group) is 1. The first kappa shape index (κ1) is 21.6. The quantitative estimate of drug-likeness (QED) is 0.521. The summed E-state index contributed by atoms with van der Waals surface area (Å²) in [6, 6.07) is 3.85. The first-order valence-electron chi connectivity index (χ1n) is 10.6. The maximum atomic E-state index is 12.0. The Balaban J connectivity index is 1.48. The monoisotopic (exact) mass is 406 g/mol. The summed E-state index contributed by atoms with van der Waals surface area (Å²) in [7, 11) is 3.50. The minimum Gasteiger partial charge on any atom is -0.469 e. The van der Waals surface area contributed by atoms with Crippen LogP contribution in [-0.4, -0.2) is 87.4 Å². The molecule has 2 aliphatic rings. The van der Waals surface area contributed by atoms with Gasteiger partial charge in [-0.3, -0.25) is 4.79 Å². The van der Waals surface area contributed by atoms with Crippen LogP contribution in [0, 0.1) is 0 Å². The van der Waals surface area contributed by atoms with E-state index >= 15 is 0 Å². The zero-order valence-corrected chi connectivity index (χ0v) is 17.6. The molecule has 0 aliphatic carbocycles. The van der Waals surface area contributed by atoms with Crippen LogP contribution in [0.25, 0.3) is 0 Å². The van der Waals surface area contributed by atoms with Crippen LogP contribution < -0.4 is 5.32 Å². The molecule has 0 aromatic carbocycles. The van der Waals surface area contributed by atoms with E-state index in [1.807, 2.05) is 12.1 Å². The van der Waals surface area contributed by atoms with E-state index in [0.29, 0.717) is 13.2 Å². The fourth-order valence-corrected chi connectivity index (χ4v) is 3.56. The SMILES string of the molecule is CN(C)C(=O)CN=C(NCCc1ccco1)N1CCC(OCC2CCCO2)CC1. The van der Waals surface area contributed by atoms with E-state index in [1.54, 1.807) is 25.3 Å². The molecule has 1 aromatic heterocycles. The summed E-state index contributed by atoms with van der Waals surface area (Å²) in [6.07, 6.45) is 7.14. The molecule has 3 heterocycles. The number of hydrogen-bond donors (Lipinski definition) is 1. The second-order valence-corrected chi connectivity index (χ2v) is 7.84. The molecule has 2 aliphatic heterocycles. The van der Waals surface area contributed by atoms with E-state index in [-0.39, 0.29) is 24.7 Å². The third-order valence-electron chi connectivity index (χ3n) is 5.38. The standard InChI is InChI=1S/C21H34N4O4/c1-24(2)20(26)15-23-21(22-10-7-17-5-3-13-27-17)25-11-8-18(9-12-25)29-16-19-6-4-14-28-19/h3,5,13,18-19H,4,6-12,14-16H2,1-2H3,(H,22,23). The van der Waals surface area contributed by atoms with E-state index in [0.717, 1.165) is 63.5 Å². The Morgan fingerprint density at radius 2 is 2.17 bits per heavy atom. The van der Waals surface area contributed by atoms with Crippen LogP contribution in [0.4, 0.5) is 0 Å². The summed E-state index contributed by atoms with van der Waals surface area (Å²) in [5, 5.41) is 3.40. The predicted molar refractivity (Wildman–Crippen MR) is 111 cm³/mol. The lowest BCUT2D eigenvalue weighted by atomic mass is 10.1. The van der Waals surface area contributed by atoms with Gasteiger partial charge in [-0.05, 0) is 37.8 Å². The molecule has 8 heteroatoms. The number of nitrogens with zero attached hydrogens (tertiary/aromatic N) is 3. The third-order valence-corrected chi connectivity index (χ3v) is 5.38. The number of likely N-dealkylation sites (tertiary alicyclic amines) is 1. The van der Waals surface area contributed by atoms with Gasteiger partial charge in [0.2, 0.25) is 5.91 Å². The summed E-state index contributed by atoms with van der Waals surface area (Å²) in [5.74, 6) is 1.71. The summed E-state index contributed by atoms with van der Waals surface area (Å²) >= 11 is 0. The number of nitrogens with one attached hydrogen (secondary N) is 1. The van der Waals surface area contributed by atoms with Crippen LogP contribution in [0.1, 0.15) is 31.4 Å². The lowest BCUT2D eigenvalue weighted by molar-refractivity contribution is -0.127. The number of furan rings is 1. The number of hydrogen-bond acceptors (Lipinski definition) is 5. The molecular weight excluding hydrogens is 372 g/mol. The average Bonchev–Trinajstić information content (AvgIpc) is 3.43. The third kappa shape index (κ3) is 7.04. The van der Waals surface area contributed by atoms with Crippen molar-refractivity contribution in [3.8, 4) is 0 Å². The van der Waals surface area contributed by atoms with Crippen LogP contribution in [0.5, 0.6) is 0 Å². The number of rotatable bonds is 8. The smallest absolute Gasteiger partial charge is 0.243 e. The van der Waals surface area contributed by atoms with Crippen molar-refractivity contribution in [1.29, 1.82) is 0 Å². The number of ether oxygens (including phenoxy) is 2. The van der Waals surface area contributed by atoms with Crippen molar-refractivity contribution in [2.75, 3.05) is 53.5 Å². The number of piperidine rings is 1. The van der Waals surface area contributed by atoms with Gasteiger partial charge in [0.15, 0.2) is 5.96 Å². The summed E-state index contributed by atoms with van der Waals surface area (Å²) in [4.78, 5) is 20.3. The Hall–Kier alpha value is -2.06. The number of amides is 1. The molecular formula is C21H34N4O4. The van der Waals surface area contributed by atoms with Gasteiger partial charge in [0.1, 0.15) is 12.3 Å². The fraction of sp³-hybridized carbons (Fsp3) is 0.714. The van der Waals surface area contributed by atoms with E-state index in [2.05, 4.69) is 15.2 Å². The molecule has 1 N–H and O–H groups in total. The Morgan fingerprint density at radius 1 is 1.34 bits per heavy atom. The highest BCUT2D eigenvalue weighted by Crippen LogP contribution is 2.18. The molecule has 0 saturated carbocycles. The predicted octanol–water partition coefficient (Wildman–Crippen LogP) is 1.52. The van der Waals surface area contributed by atoms with E-state index < -0.39 is 0 Å². The van der Waals surface area contributed by atoms with Gasteiger partial charge in [0.05, 0.1) is 25.1 Å². The average molecular weight is 407 g/mol. The number of carbonyl (C=O) groups excluding carboxylic acids is 1. The first-order chi connectivity index (χ1) is 14.1. The normalized spacial score (nSPS) is 20.8. The van der Waals surface area contributed by atoms with Gasteiger partial charge in [-0.15, -0.1) is 0 Å². The number of aliphatic imine (C=N–C) groups is 1. The van der Waals surface area contributed by atoms with Crippen molar-refractivity contribution in [3.63, 3.8) is 0 Å². The molecule has 3 rings (SSSR count). The number of guanidine groups is 1. The first-order valence-corrected chi connectivity index (χ1v) is 10.6. The molecule has 162 valence electrons. The van der Waals surface area contributed by atoms with Crippen LogP contribution in [-0.2, 0) is 20.7 Å². The molecule has 0 bridgehead atoms. The molecule has 2 saturated heterocycles. The lowest BCUT2D eigenvalue weighted by Gasteiger charge is -2.34. The molecule has 1 amide bonds. The molecule has 0 spiro atoms. The van der Waals surface area contributed by atoms with Crippen LogP contribution in [0.15, 0.2) is 27.8 Å². The van der Waals surface area contributed by atoms with Crippen molar-refractivity contribution in [2.24, 2.45) is 4.99 Å². The van der Waals surface area contributed by atoms with Gasteiger partial charge < -0.3 is 29.0 Å². The molecule has 8 nitrogen and oxygen atoms in total. The van der Waals surface area contributed by atoms with Crippen molar-refractivity contribution in [1.82, 2.24) is 15.1 Å². The Bertz CT molecular complexity index is 633. The van der Waals surface area contributed by atoms with Gasteiger partial charge in [-0.25, -0.2) is 4.99 Å². The molecule has 1 aromatic rings. The van der Waals surface area contributed by atoms with Crippen molar-refractivity contribution in [2.45, 2.75) is 44.3 Å². The van der Waals surface area contributed by atoms with Crippen molar-refractivity contribution in [3.05, 3.63) is 24.2 Å².